The van der Waals surface area contributed by atoms with Crippen LogP contribution < -0.4 is 10.6 Å². The lowest BCUT2D eigenvalue weighted by Crippen LogP contribution is -2.33. The van der Waals surface area contributed by atoms with E-state index in [-0.39, 0.29) is 11.8 Å². The average molecular weight is 263 g/mol. The molecule has 0 aliphatic heterocycles. The summed E-state index contributed by atoms with van der Waals surface area (Å²) in [5.41, 5.74) is 0.995. The number of benzene rings is 1. The van der Waals surface area contributed by atoms with Gasteiger partial charge in [-0.05, 0) is 19.2 Å². The molecule has 1 aromatic carbocycles. The summed E-state index contributed by atoms with van der Waals surface area (Å²) < 4.78 is 1.16. The minimum Gasteiger partial charge on any atom is -0.349 e. The summed E-state index contributed by atoms with van der Waals surface area (Å²) >= 11 is 1.62. The molecule has 2 N–H and O–H groups in total. The van der Waals surface area contributed by atoms with Crippen LogP contribution in [0.5, 0.6) is 0 Å². The lowest BCUT2D eigenvalue weighted by atomic mass is 10.1. The topological polar surface area (TPSA) is 54.0 Å². The van der Waals surface area contributed by atoms with E-state index in [0.717, 1.165) is 15.2 Å². The molecule has 0 saturated carbocycles. The third kappa shape index (κ3) is 3.05. The molecule has 0 aliphatic rings. The Morgan fingerprint density at radius 1 is 1.44 bits per heavy atom. The molecule has 1 amide bonds. The lowest BCUT2D eigenvalue weighted by molar-refractivity contribution is -0.124. The highest BCUT2D eigenvalue weighted by molar-refractivity contribution is 7.18. The zero-order valence-corrected chi connectivity index (χ0v) is 11.4. The molecule has 2 aromatic rings. The number of fused-ring (bicyclic) bond motifs is 1. The summed E-state index contributed by atoms with van der Waals surface area (Å²) in [6.45, 7) is 3.10. The zero-order valence-electron chi connectivity index (χ0n) is 10.6. The maximum Gasteiger partial charge on any atom is 0.224 e. The van der Waals surface area contributed by atoms with Gasteiger partial charge in [0.1, 0.15) is 5.01 Å². The van der Waals surface area contributed by atoms with Crippen molar-refractivity contribution < 1.29 is 4.79 Å². The van der Waals surface area contributed by atoms with E-state index in [4.69, 9.17) is 0 Å². The molecule has 0 spiro atoms. The van der Waals surface area contributed by atoms with Gasteiger partial charge in [0.15, 0.2) is 0 Å². The Bertz CT molecular complexity index is 505. The van der Waals surface area contributed by atoms with E-state index in [1.54, 1.807) is 11.3 Å². The van der Waals surface area contributed by atoms with E-state index < -0.39 is 0 Å². The van der Waals surface area contributed by atoms with Crippen LogP contribution >= 0.6 is 11.3 Å². The number of nitrogens with one attached hydrogen (secondary N) is 2. The predicted molar refractivity (Wildman–Crippen MR) is 74.6 cm³/mol. The highest BCUT2D eigenvalue weighted by atomic mass is 32.1. The van der Waals surface area contributed by atoms with Crippen molar-refractivity contribution in [1.29, 1.82) is 0 Å². The first-order valence-electron chi connectivity index (χ1n) is 5.97. The molecule has 0 radical (unpaired) electrons. The van der Waals surface area contributed by atoms with Crippen LogP contribution in [-0.2, 0) is 11.3 Å². The number of nitrogens with zero attached hydrogens (tertiary/aromatic N) is 1. The van der Waals surface area contributed by atoms with Gasteiger partial charge >= 0.3 is 0 Å². The molecule has 0 aliphatic carbocycles. The van der Waals surface area contributed by atoms with Crippen LogP contribution in [0.3, 0.4) is 0 Å². The van der Waals surface area contributed by atoms with Gasteiger partial charge in [0.05, 0.1) is 16.8 Å². The average Bonchev–Trinajstić information content (AvgIpc) is 2.78. The maximum absolute atomic E-state index is 11.7. The number of hydrogen-bond donors (Lipinski definition) is 2. The lowest BCUT2D eigenvalue weighted by Gasteiger charge is -2.10. The molecule has 0 saturated heterocycles. The van der Waals surface area contributed by atoms with Gasteiger partial charge in [-0.25, -0.2) is 4.98 Å². The van der Waals surface area contributed by atoms with Crippen LogP contribution in [0.2, 0.25) is 0 Å². The SMILES string of the molecule is CNCC(C)C(=O)NCc1nc2ccccc2s1. The molecule has 4 nitrogen and oxygen atoms in total. The van der Waals surface area contributed by atoms with E-state index >= 15 is 0 Å². The van der Waals surface area contributed by atoms with Gasteiger partial charge in [0.25, 0.3) is 0 Å². The Morgan fingerprint density at radius 2 is 2.22 bits per heavy atom. The number of rotatable bonds is 5. The van der Waals surface area contributed by atoms with Crippen LogP contribution in [0.4, 0.5) is 0 Å². The molecule has 1 unspecified atom stereocenters. The monoisotopic (exact) mass is 263 g/mol. The first-order valence-corrected chi connectivity index (χ1v) is 6.79. The van der Waals surface area contributed by atoms with Crippen LogP contribution in [0.15, 0.2) is 24.3 Å². The third-order valence-corrected chi connectivity index (χ3v) is 3.75. The Hall–Kier alpha value is -1.46. The van der Waals surface area contributed by atoms with Crippen molar-refractivity contribution in [3.8, 4) is 0 Å². The molecule has 0 fully saturated rings. The molecule has 5 heteroatoms. The van der Waals surface area contributed by atoms with E-state index in [0.29, 0.717) is 13.1 Å². The molecule has 18 heavy (non-hydrogen) atoms. The van der Waals surface area contributed by atoms with Crippen LogP contribution in [0, 0.1) is 5.92 Å². The molecule has 96 valence electrons. The summed E-state index contributed by atoms with van der Waals surface area (Å²) in [6.07, 6.45) is 0. The van der Waals surface area contributed by atoms with Gasteiger partial charge in [-0.2, -0.15) is 0 Å². The first kappa shape index (κ1) is 13.0. The van der Waals surface area contributed by atoms with Gasteiger partial charge in [0, 0.05) is 12.5 Å². The Labute approximate surface area is 110 Å². The summed E-state index contributed by atoms with van der Waals surface area (Å²) in [5, 5.41) is 6.85. The Balaban J connectivity index is 1.95. The molecule has 1 heterocycles. The van der Waals surface area contributed by atoms with Gasteiger partial charge in [-0.3, -0.25) is 4.79 Å². The second kappa shape index (κ2) is 5.93. The maximum atomic E-state index is 11.7. The fraction of sp³-hybridized carbons (Fsp3) is 0.385. The second-order valence-corrected chi connectivity index (χ2v) is 5.37. The number of thiazole rings is 1. The van der Waals surface area contributed by atoms with Gasteiger partial charge in [-0.15, -0.1) is 11.3 Å². The van der Waals surface area contributed by atoms with E-state index in [1.807, 2.05) is 38.2 Å². The van der Waals surface area contributed by atoms with Gasteiger partial charge in [-0.1, -0.05) is 19.1 Å². The van der Waals surface area contributed by atoms with Crippen LogP contribution in [0.1, 0.15) is 11.9 Å². The van der Waals surface area contributed by atoms with E-state index in [2.05, 4.69) is 15.6 Å². The van der Waals surface area contributed by atoms with Gasteiger partial charge in [0.2, 0.25) is 5.91 Å². The number of carbonyl (C=O) groups excluding carboxylic acids is 1. The molecule has 0 bridgehead atoms. The third-order valence-electron chi connectivity index (χ3n) is 2.71. The van der Waals surface area contributed by atoms with Crippen molar-refractivity contribution >= 4 is 27.5 Å². The van der Waals surface area contributed by atoms with Crippen molar-refractivity contribution in [1.82, 2.24) is 15.6 Å². The molecule has 1 atom stereocenters. The van der Waals surface area contributed by atoms with Crippen molar-refractivity contribution in [3.05, 3.63) is 29.3 Å². The van der Waals surface area contributed by atoms with Crippen LogP contribution in [-0.4, -0.2) is 24.5 Å². The van der Waals surface area contributed by atoms with Crippen molar-refractivity contribution in [2.45, 2.75) is 13.5 Å². The quantitative estimate of drug-likeness (QED) is 0.864. The van der Waals surface area contributed by atoms with E-state index in [1.165, 1.54) is 0 Å². The van der Waals surface area contributed by atoms with Crippen molar-refractivity contribution in [3.63, 3.8) is 0 Å². The molecule has 2 rings (SSSR count). The smallest absolute Gasteiger partial charge is 0.224 e. The summed E-state index contributed by atoms with van der Waals surface area (Å²) in [5.74, 6) is 0.0352. The first-order chi connectivity index (χ1) is 8.70. The van der Waals surface area contributed by atoms with Crippen molar-refractivity contribution in [2.24, 2.45) is 5.92 Å². The number of aromatic nitrogens is 1. The standard InChI is InChI=1S/C13H17N3OS/c1-9(7-14-2)13(17)15-8-12-16-10-5-3-4-6-11(10)18-12/h3-6,9,14H,7-8H2,1-2H3,(H,15,17). The zero-order chi connectivity index (χ0) is 13.0. The normalized spacial score (nSPS) is 12.6. The fourth-order valence-electron chi connectivity index (χ4n) is 1.73. The molecular weight excluding hydrogens is 246 g/mol. The Kier molecular flexibility index (Phi) is 4.28. The number of hydrogen-bond acceptors (Lipinski definition) is 4. The van der Waals surface area contributed by atoms with Crippen LogP contribution in [0.25, 0.3) is 10.2 Å². The van der Waals surface area contributed by atoms with Gasteiger partial charge < -0.3 is 10.6 Å². The summed E-state index contributed by atoms with van der Waals surface area (Å²) in [4.78, 5) is 16.2. The number of carbonyl (C=O) groups is 1. The predicted octanol–water partition coefficient (Wildman–Crippen LogP) is 1.77. The second-order valence-electron chi connectivity index (χ2n) is 4.25. The summed E-state index contributed by atoms with van der Waals surface area (Å²) in [7, 11) is 1.84. The Morgan fingerprint density at radius 3 is 2.94 bits per heavy atom. The largest absolute Gasteiger partial charge is 0.349 e. The highest BCUT2D eigenvalue weighted by Gasteiger charge is 2.12. The summed E-state index contributed by atoms with van der Waals surface area (Å²) in [6, 6.07) is 8.00. The molecular formula is C13H17N3OS. The van der Waals surface area contributed by atoms with E-state index in [9.17, 15) is 4.79 Å². The highest BCUT2D eigenvalue weighted by Crippen LogP contribution is 2.21. The number of amides is 1. The minimum absolute atomic E-state index is 0.0237. The number of para-hydroxylation sites is 1. The fourth-order valence-corrected chi connectivity index (χ4v) is 2.64. The van der Waals surface area contributed by atoms with Crippen molar-refractivity contribution in [2.75, 3.05) is 13.6 Å². The molecule has 1 aromatic heterocycles. The minimum atomic E-state index is -0.0237.